The van der Waals surface area contributed by atoms with Crippen molar-refractivity contribution in [2.45, 2.75) is 65.2 Å². The highest BCUT2D eigenvalue weighted by Gasteiger charge is 2.33. The molecule has 1 amide bonds. The first-order valence-electron chi connectivity index (χ1n) is 10.8. The fourth-order valence-corrected chi connectivity index (χ4v) is 4.10. The van der Waals surface area contributed by atoms with Crippen molar-refractivity contribution >= 4 is 68.7 Å². The Morgan fingerprint density at radius 3 is 1.91 bits per heavy atom. The highest BCUT2D eigenvalue weighted by atomic mass is 127. The van der Waals surface area contributed by atoms with Crippen LogP contribution in [-0.2, 0) is 19.1 Å². The van der Waals surface area contributed by atoms with Gasteiger partial charge in [-0.15, -0.1) is 0 Å². The molecular formula is C23H31F3I2N2O5. The Morgan fingerprint density at radius 2 is 1.46 bits per heavy atom. The molecule has 198 valence electrons. The lowest BCUT2D eigenvalue weighted by molar-refractivity contribution is -0.164. The van der Waals surface area contributed by atoms with Gasteiger partial charge in [-0.1, -0.05) is 45.2 Å². The second-order valence-corrected chi connectivity index (χ2v) is 11.8. The molecule has 1 aromatic carbocycles. The summed E-state index contributed by atoms with van der Waals surface area (Å²) in [5.41, 5.74) is -3.33. The molecule has 1 aromatic rings. The van der Waals surface area contributed by atoms with Crippen molar-refractivity contribution in [1.82, 2.24) is 5.32 Å². The summed E-state index contributed by atoms with van der Waals surface area (Å²) in [7, 11) is 0. The highest BCUT2D eigenvalue weighted by Crippen LogP contribution is 2.29. The van der Waals surface area contributed by atoms with Crippen molar-refractivity contribution in [2.24, 2.45) is 0 Å². The van der Waals surface area contributed by atoms with E-state index < -0.39 is 70.2 Å². The Kier molecular flexibility index (Phi) is 12.0. The molecule has 0 aromatic heterocycles. The molecule has 0 aliphatic carbocycles. The van der Waals surface area contributed by atoms with Crippen molar-refractivity contribution in [2.75, 3.05) is 26.8 Å². The van der Waals surface area contributed by atoms with Gasteiger partial charge in [0.1, 0.15) is 22.9 Å². The SMILES string of the molecule is CC(C)(C)OC(=O)CC(NC(=O)c1cc(F)c(N(CCI)CCI)c(F)c1F)C(=O)OC(C)(C)C. The topological polar surface area (TPSA) is 84.9 Å². The second kappa shape index (κ2) is 13.3. The molecule has 1 atom stereocenters. The first kappa shape index (κ1) is 31.7. The fourth-order valence-electron chi connectivity index (χ4n) is 2.93. The number of hydrogen-bond acceptors (Lipinski definition) is 6. The first-order valence-corrected chi connectivity index (χ1v) is 13.9. The van der Waals surface area contributed by atoms with E-state index in [9.17, 15) is 27.6 Å². The molecule has 0 fully saturated rings. The van der Waals surface area contributed by atoms with Gasteiger partial charge in [0.05, 0.1) is 12.0 Å². The number of anilines is 1. The summed E-state index contributed by atoms with van der Waals surface area (Å²) in [4.78, 5) is 39.1. The predicted molar refractivity (Wildman–Crippen MR) is 144 cm³/mol. The van der Waals surface area contributed by atoms with E-state index >= 15 is 0 Å². The highest BCUT2D eigenvalue weighted by molar-refractivity contribution is 14.1. The Balaban J connectivity index is 3.31. The van der Waals surface area contributed by atoms with Crippen LogP contribution in [0, 0.1) is 17.5 Å². The summed E-state index contributed by atoms with van der Waals surface area (Å²) in [6.45, 7) is 10.2. The summed E-state index contributed by atoms with van der Waals surface area (Å²) in [6, 6.07) is -0.993. The molecule has 7 nitrogen and oxygen atoms in total. The molecule has 0 saturated carbocycles. The van der Waals surface area contributed by atoms with E-state index in [1.807, 2.05) is 45.2 Å². The van der Waals surface area contributed by atoms with Crippen LogP contribution < -0.4 is 10.2 Å². The Morgan fingerprint density at radius 1 is 0.943 bits per heavy atom. The van der Waals surface area contributed by atoms with Crippen molar-refractivity contribution in [3.05, 3.63) is 29.1 Å². The summed E-state index contributed by atoms with van der Waals surface area (Å²) in [5, 5.41) is 2.16. The van der Waals surface area contributed by atoms with Gasteiger partial charge in [0, 0.05) is 21.9 Å². The standard InChI is InChI=1S/C23H31F3I2N2O5/c1-22(2,3)34-16(31)12-15(21(33)35-23(4,5)6)29-20(32)13-11-14(24)19(18(26)17(13)25)30(9-7-27)10-8-28/h11,15H,7-10,12H2,1-6H3,(H,29,32). The first-order chi connectivity index (χ1) is 16.0. The van der Waals surface area contributed by atoms with Gasteiger partial charge in [-0.3, -0.25) is 9.59 Å². The van der Waals surface area contributed by atoms with Crippen LogP contribution in [0.5, 0.6) is 0 Å². The largest absolute Gasteiger partial charge is 0.460 e. The number of ether oxygens (including phenoxy) is 2. The third-order valence-electron chi connectivity index (χ3n) is 4.19. The Labute approximate surface area is 231 Å². The summed E-state index contributed by atoms with van der Waals surface area (Å²) in [5.74, 6) is -7.28. The summed E-state index contributed by atoms with van der Waals surface area (Å²) < 4.78 is 56.2. The van der Waals surface area contributed by atoms with Gasteiger partial charge < -0.3 is 19.7 Å². The monoisotopic (exact) mass is 726 g/mol. The lowest BCUT2D eigenvalue weighted by Crippen LogP contribution is -2.46. The number of halogens is 5. The van der Waals surface area contributed by atoms with E-state index in [4.69, 9.17) is 9.47 Å². The zero-order valence-electron chi connectivity index (χ0n) is 20.6. The van der Waals surface area contributed by atoms with Gasteiger partial charge in [-0.05, 0) is 47.6 Å². The molecule has 0 bridgehead atoms. The smallest absolute Gasteiger partial charge is 0.329 e. The van der Waals surface area contributed by atoms with Crippen LogP contribution >= 0.6 is 45.2 Å². The van der Waals surface area contributed by atoms with Gasteiger partial charge in [-0.25, -0.2) is 18.0 Å². The van der Waals surface area contributed by atoms with E-state index in [0.717, 1.165) is 0 Å². The lowest BCUT2D eigenvalue weighted by Gasteiger charge is -2.26. The Bertz CT molecular complexity index is 927. The molecule has 1 unspecified atom stereocenters. The Hall–Kier alpha value is -1.32. The van der Waals surface area contributed by atoms with Gasteiger partial charge in [0.15, 0.2) is 17.5 Å². The quantitative estimate of drug-likeness (QED) is 0.159. The number of nitrogens with zero attached hydrogens (tertiary/aromatic N) is 1. The molecule has 1 N–H and O–H groups in total. The lowest BCUT2D eigenvalue weighted by atomic mass is 10.1. The third kappa shape index (κ3) is 10.3. The number of rotatable bonds is 10. The van der Waals surface area contributed by atoms with Gasteiger partial charge in [-0.2, -0.15) is 0 Å². The van der Waals surface area contributed by atoms with Crippen LogP contribution in [0.4, 0.5) is 18.9 Å². The molecule has 0 heterocycles. The number of hydrogen-bond donors (Lipinski definition) is 1. The van der Waals surface area contributed by atoms with Gasteiger partial charge in [0.25, 0.3) is 5.91 Å². The van der Waals surface area contributed by atoms with Crippen molar-refractivity contribution in [1.29, 1.82) is 0 Å². The minimum atomic E-state index is -1.57. The second-order valence-electron chi connectivity index (χ2n) is 9.60. The van der Waals surface area contributed by atoms with Crippen molar-refractivity contribution < 1.29 is 37.0 Å². The number of benzene rings is 1. The maximum absolute atomic E-state index is 14.9. The normalized spacial score (nSPS) is 12.7. The number of amides is 1. The van der Waals surface area contributed by atoms with Crippen LogP contribution in [0.1, 0.15) is 58.3 Å². The molecule has 1 rings (SSSR count). The average Bonchev–Trinajstić information content (AvgIpc) is 2.67. The van der Waals surface area contributed by atoms with Gasteiger partial charge >= 0.3 is 11.9 Å². The van der Waals surface area contributed by atoms with Gasteiger partial charge in [0.2, 0.25) is 0 Å². The summed E-state index contributed by atoms with van der Waals surface area (Å²) in [6.07, 6.45) is -0.623. The minimum Gasteiger partial charge on any atom is -0.460 e. The van der Waals surface area contributed by atoms with Crippen molar-refractivity contribution in [3.63, 3.8) is 0 Å². The molecule has 12 heteroatoms. The van der Waals surface area contributed by atoms with E-state index in [-0.39, 0.29) is 13.1 Å². The van der Waals surface area contributed by atoms with Crippen molar-refractivity contribution in [3.8, 4) is 0 Å². The van der Waals surface area contributed by atoms with Crippen LogP contribution in [-0.4, -0.2) is 57.0 Å². The third-order valence-corrected chi connectivity index (χ3v) is 5.16. The van der Waals surface area contributed by atoms with Crippen LogP contribution in [0.2, 0.25) is 0 Å². The summed E-state index contributed by atoms with van der Waals surface area (Å²) >= 11 is 4.07. The molecule has 0 saturated heterocycles. The maximum atomic E-state index is 14.9. The zero-order chi connectivity index (χ0) is 27.1. The molecule has 0 aliphatic rings. The van der Waals surface area contributed by atoms with E-state index in [1.54, 1.807) is 41.5 Å². The average molecular weight is 726 g/mol. The van der Waals surface area contributed by atoms with Crippen LogP contribution in [0.3, 0.4) is 0 Å². The fraction of sp³-hybridized carbons (Fsp3) is 0.609. The van der Waals surface area contributed by atoms with E-state index in [0.29, 0.717) is 14.9 Å². The molecule has 0 spiro atoms. The molecule has 0 radical (unpaired) electrons. The maximum Gasteiger partial charge on any atom is 0.329 e. The minimum absolute atomic E-state index is 0.277. The predicted octanol–water partition coefficient (Wildman–Crippen LogP) is 4.95. The number of alkyl halides is 2. The molecular weight excluding hydrogens is 695 g/mol. The number of carbonyl (C=O) groups is 3. The van der Waals surface area contributed by atoms with Crippen LogP contribution in [0.15, 0.2) is 6.07 Å². The molecule has 35 heavy (non-hydrogen) atoms. The number of esters is 2. The number of nitrogens with one attached hydrogen (secondary N) is 1. The molecule has 0 aliphatic heterocycles. The van der Waals surface area contributed by atoms with E-state index in [1.165, 1.54) is 4.90 Å². The van der Waals surface area contributed by atoms with E-state index in [2.05, 4.69) is 5.32 Å². The zero-order valence-corrected chi connectivity index (χ0v) is 24.9. The van der Waals surface area contributed by atoms with Crippen LogP contribution in [0.25, 0.3) is 0 Å². The number of carbonyl (C=O) groups excluding carboxylic acids is 3.